The van der Waals surface area contributed by atoms with Crippen molar-refractivity contribution in [3.63, 3.8) is 0 Å². The zero-order valence-electron chi connectivity index (χ0n) is 11.6. The highest BCUT2D eigenvalue weighted by atomic mass is 16.3. The van der Waals surface area contributed by atoms with E-state index in [1.54, 1.807) is 0 Å². The third-order valence-electron chi connectivity index (χ3n) is 4.09. The third-order valence-corrected chi connectivity index (χ3v) is 4.09. The van der Waals surface area contributed by atoms with Crippen LogP contribution in [0, 0.1) is 12.8 Å². The number of likely N-dealkylation sites (tertiary alicyclic amines) is 1. The van der Waals surface area contributed by atoms with Gasteiger partial charge < -0.3 is 10.0 Å². The molecule has 0 amide bonds. The van der Waals surface area contributed by atoms with Crippen LogP contribution < -0.4 is 0 Å². The van der Waals surface area contributed by atoms with Gasteiger partial charge in [0.1, 0.15) is 0 Å². The van der Waals surface area contributed by atoms with E-state index < -0.39 is 0 Å². The van der Waals surface area contributed by atoms with Crippen LogP contribution in [0.25, 0.3) is 0 Å². The van der Waals surface area contributed by atoms with E-state index in [2.05, 4.69) is 30.9 Å². The molecule has 2 atom stereocenters. The summed E-state index contributed by atoms with van der Waals surface area (Å²) in [7, 11) is 0. The minimum absolute atomic E-state index is 0.314. The molecule has 1 aromatic rings. The van der Waals surface area contributed by atoms with Crippen molar-refractivity contribution >= 4 is 0 Å². The molecule has 0 saturated carbocycles. The number of benzene rings is 1. The first-order valence-corrected chi connectivity index (χ1v) is 7.16. The lowest BCUT2D eigenvalue weighted by atomic mass is 10.0. The van der Waals surface area contributed by atoms with Gasteiger partial charge in [-0.15, -0.1) is 0 Å². The van der Waals surface area contributed by atoms with Crippen molar-refractivity contribution in [2.24, 2.45) is 5.92 Å². The fourth-order valence-corrected chi connectivity index (χ4v) is 2.80. The van der Waals surface area contributed by atoms with Crippen LogP contribution in [0.2, 0.25) is 0 Å². The maximum absolute atomic E-state index is 10.2. The van der Waals surface area contributed by atoms with E-state index in [1.807, 2.05) is 12.1 Å². The average molecular weight is 247 g/mol. The van der Waals surface area contributed by atoms with E-state index in [9.17, 15) is 5.11 Å². The van der Waals surface area contributed by atoms with Gasteiger partial charge in [0.25, 0.3) is 0 Å². The third kappa shape index (κ3) is 3.56. The molecule has 2 unspecified atom stereocenters. The largest absolute Gasteiger partial charge is 0.388 e. The summed E-state index contributed by atoms with van der Waals surface area (Å²) in [6.45, 7) is 7.79. The van der Waals surface area contributed by atoms with Crippen LogP contribution in [0.4, 0.5) is 0 Å². The Morgan fingerprint density at radius 3 is 2.94 bits per heavy atom. The van der Waals surface area contributed by atoms with Crippen molar-refractivity contribution in [2.75, 3.05) is 19.6 Å². The molecule has 2 rings (SSSR count). The highest BCUT2D eigenvalue weighted by Crippen LogP contribution is 2.22. The van der Waals surface area contributed by atoms with E-state index in [0.29, 0.717) is 0 Å². The Morgan fingerprint density at radius 2 is 2.28 bits per heavy atom. The van der Waals surface area contributed by atoms with Gasteiger partial charge in [-0.1, -0.05) is 43.2 Å². The molecule has 1 heterocycles. The van der Waals surface area contributed by atoms with Crippen LogP contribution >= 0.6 is 0 Å². The summed E-state index contributed by atoms with van der Waals surface area (Å²) in [5.41, 5.74) is 2.28. The van der Waals surface area contributed by atoms with Gasteiger partial charge in [0.2, 0.25) is 0 Å². The minimum Gasteiger partial charge on any atom is -0.388 e. The van der Waals surface area contributed by atoms with Gasteiger partial charge in [-0.05, 0) is 37.8 Å². The van der Waals surface area contributed by atoms with E-state index in [0.717, 1.165) is 24.4 Å². The monoisotopic (exact) mass is 247 g/mol. The first-order chi connectivity index (χ1) is 8.69. The van der Waals surface area contributed by atoms with Crippen molar-refractivity contribution in [1.29, 1.82) is 0 Å². The molecule has 1 aliphatic heterocycles. The number of aliphatic hydroxyl groups excluding tert-OH is 1. The van der Waals surface area contributed by atoms with Gasteiger partial charge in [-0.3, -0.25) is 0 Å². The number of nitrogens with zero attached hydrogens (tertiary/aromatic N) is 1. The van der Waals surface area contributed by atoms with Crippen LogP contribution in [0.15, 0.2) is 24.3 Å². The van der Waals surface area contributed by atoms with E-state index in [1.165, 1.54) is 31.5 Å². The number of aliphatic hydroxyl groups is 1. The minimum atomic E-state index is -0.314. The van der Waals surface area contributed by atoms with Gasteiger partial charge >= 0.3 is 0 Å². The number of hydrogen-bond donors (Lipinski definition) is 1. The Morgan fingerprint density at radius 1 is 1.44 bits per heavy atom. The molecule has 1 N–H and O–H groups in total. The van der Waals surface area contributed by atoms with Crippen LogP contribution in [-0.2, 0) is 0 Å². The quantitative estimate of drug-likeness (QED) is 0.864. The molecule has 0 aliphatic carbocycles. The first kappa shape index (κ1) is 13.6. The molecule has 0 bridgehead atoms. The van der Waals surface area contributed by atoms with E-state index in [4.69, 9.17) is 0 Å². The zero-order valence-corrected chi connectivity index (χ0v) is 11.6. The second-order valence-corrected chi connectivity index (χ2v) is 5.58. The number of rotatable bonds is 5. The summed E-state index contributed by atoms with van der Waals surface area (Å²) in [6, 6.07) is 8.21. The fraction of sp³-hybridized carbons (Fsp3) is 0.625. The molecule has 0 aromatic heterocycles. The first-order valence-electron chi connectivity index (χ1n) is 7.16. The molecule has 18 heavy (non-hydrogen) atoms. The van der Waals surface area contributed by atoms with Crippen LogP contribution in [0.3, 0.4) is 0 Å². The average Bonchev–Trinajstić information content (AvgIpc) is 2.84. The molecule has 1 fully saturated rings. The van der Waals surface area contributed by atoms with Crippen LogP contribution in [0.5, 0.6) is 0 Å². The lowest BCUT2D eigenvalue weighted by Gasteiger charge is -2.18. The molecule has 2 heteroatoms. The zero-order chi connectivity index (χ0) is 13.0. The normalized spacial score (nSPS) is 22.3. The maximum atomic E-state index is 10.2. The summed E-state index contributed by atoms with van der Waals surface area (Å²) in [5.74, 6) is 0.876. The lowest BCUT2D eigenvalue weighted by molar-refractivity contribution is 0.148. The Hall–Kier alpha value is -0.860. The van der Waals surface area contributed by atoms with Crippen molar-refractivity contribution in [3.05, 3.63) is 35.4 Å². The molecule has 1 saturated heterocycles. The summed E-state index contributed by atoms with van der Waals surface area (Å²) < 4.78 is 0. The Bertz CT molecular complexity index is 377. The Kier molecular flexibility index (Phi) is 4.79. The standard InChI is InChI=1S/C16H25NO/c1-3-14-7-9-17(12-14)10-8-16(18)15-6-4-5-13(2)11-15/h4-6,11,14,16,18H,3,7-10,12H2,1-2H3. The summed E-state index contributed by atoms with van der Waals surface area (Å²) >= 11 is 0. The molecule has 2 nitrogen and oxygen atoms in total. The molecule has 1 aromatic carbocycles. The second kappa shape index (κ2) is 6.35. The molecular weight excluding hydrogens is 222 g/mol. The summed E-state index contributed by atoms with van der Waals surface area (Å²) in [6.07, 6.45) is 3.15. The molecular formula is C16H25NO. The summed E-state index contributed by atoms with van der Waals surface area (Å²) in [5, 5.41) is 10.2. The smallest absolute Gasteiger partial charge is 0.0802 e. The lowest BCUT2D eigenvalue weighted by Crippen LogP contribution is -2.23. The molecule has 1 aliphatic rings. The molecule has 0 radical (unpaired) electrons. The second-order valence-electron chi connectivity index (χ2n) is 5.58. The van der Waals surface area contributed by atoms with Crippen molar-refractivity contribution in [3.8, 4) is 0 Å². The SMILES string of the molecule is CCC1CCN(CCC(O)c2cccc(C)c2)C1. The number of aryl methyl sites for hydroxylation is 1. The Labute approximate surface area is 111 Å². The predicted molar refractivity (Wildman–Crippen MR) is 75.6 cm³/mol. The van der Waals surface area contributed by atoms with E-state index >= 15 is 0 Å². The Balaban J connectivity index is 1.80. The van der Waals surface area contributed by atoms with Gasteiger partial charge in [-0.25, -0.2) is 0 Å². The van der Waals surface area contributed by atoms with Crippen LogP contribution in [0.1, 0.15) is 43.4 Å². The number of hydrogen-bond acceptors (Lipinski definition) is 2. The van der Waals surface area contributed by atoms with Crippen molar-refractivity contribution in [2.45, 2.75) is 39.2 Å². The predicted octanol–water partition coefficient (Wildman–Crippen LogP) is 3.15. The van der Waals surface area contributed by atoms with Gasteiger partial charge in [0.05, 0.1) is 6.10 Å². The van der Waals surface area contributed by atoms with Gasteiger partial charge in [0, 0.05) is 13.1 Å². The highest BCUT2D eigenvalue weighted by molar-refractivity contribution is 5.23. The van der Waals surface area contributed by atoms with Gasteiger partial charge in [0.15, 0.2) is 0 Å². The van der Waals surface area contributed by atoms with E-state index in [-0.39, 0.29) is 6.10 Å². The van der Waals surface area contributed by atoms with Crippen molar-refractivity contribution < 1.29 is 5.11 Å². The molecule has 0 spiro atoms. The van der Waals surface area contributed by atoms with Gasteiger partial charge in [-0.2, -0.15) is 0 Å². The molecule has 100 valence electrons. The summed E-state index contributed by atoms with van der Waals surface area (Å²) in [4.78, 5) is 2.49. The maximum Gasteiger partial charge on any atom is 0.0802 e. The highest BCUT2D eigenvalue weighted by Gasteiger charge is 2.21. The topological polar surface area (TPSA) is 23.5 Å². The van der Waals surface area contributed by atoms with Crippen molar-refractivity contribution in [1.82, 2.24) is 4.90 Å². The fourth-order valence-electron chi connectivity index (χ4n) is 2.80. The van der Waals surface area contributed by atoms with Crippen LogP contribution in [-0.4, -0.2) is 29.6 Å².